The largest absolute Gasteiger partial charge is 0.405 e. The van der Waals surface area contributed by atoms with Crippen molar-refractivity contribution < 1.29 is 13.6 Å². The van der Waals surface area contributed by atoms with E-state index in [-0.39, 0.29) is 0 Å². The SMILES string of the molecule is FC(F)On1ccc2ccccc21. The predicted octanol–water partition coefficient (Wildman–Crippen LogP) is 2.29. The minimum atomic E-state index is -2.80. The zero-order valence-corrected chi connectivity index (χ0v) is 6.65. The summed E-state index contributed by atoms with van der Waals surface area (Å²) in [5.74, 6) is 0. The normalized spacial score (nSPS) is 11.0. The van der Waals surface area contributed by atoms with Crippen LogP contribution in [0.15, 0.2) is 36.5 Å². The van der Waals surface area contributed by atoms with E-state index in [1.165, 1.54) is 6.20 Å². The molecule has 2 aromatic rings. The van der Waals surface area contributed by atoms with Crippen LogP contribution in [-0.2, 0) is 0 Å². The molecule has 0 atom stereocenters. The van der Waals surface area contributed by atoms with Crippen LogP contribution >= 0.6 is 0 Å². The third-order valence-corrected chi connectivity index (χ3v) is 1.76. The molecule has 0 aliphatic carbocycles. The van der Waals surface area contributed by atoms with Crippen LogP contribution in [0.3, 0.4) is 0 Å². The van der Waals surface area contributed by atoms with Gasteiger partial charge in [0.2, 0.25) is 0 Å². The fourth-order valence-electron chi connectivity index (χ4n) is 1.24. The zero-order valence-electron chi connectivity index (χ0n) is 6.65. The van der Waals surface area contributed by atoms with E-state index < -0.39 is 6.61 Å². The van der Waals surface area contributed by atoms with Gasteiger partial charge in [-0.2, -0.15) is 13.5 Å². The quantitative estimate of drug-likeness (QED) is 0.696. The van der Waals surface area contributed by atoms with Crippen molar-refractivity contribution in [2.75, 3.05) is 0 Å². The summed E-state index contributed by atoms with van der Waals surface area (Å²) < 4.78 is 24.8. The summed E-state index contributed by atoms with van der Waals surface area (Å²) in [7, 11) is 0. The minimum Gasteiger partial charge on any atom is -0.344 e. The van der Waals surface area contributed by atoms with Crippen molar-refractivity contribution in [3.63, 3.8) is 0 Å². The second kappa shape index (κ2) is 3.05. The van der Waals surface area contributed by atoms with Gasteiger partial charge < -0.3 is 4.84 Å². The summed E-state index contributed by atoms with van der Waals surface area (Å²) in [4.78, 5) is 4.25. The summed E-state index contributed by atoms with van der Waals surface area (Å²) in [5.41, 5.74) is 0.641. The third kappa shape index (κ3) is 1.47. The van der Waals surface area contributed by atoms with Crippen molar-refractivity contribution in [2.45, 2.75) is 6.61 Å². The molecule has 1 heterocycles. The van der Waals surface area contributed by atoms with Crippen LogP contribution in [0.25, 0.3) is 10.9 Å². The van der Waals surface area contributed by atoms with Gasteiger partial charge in [-0.15, -0.1) is 0 Å². The highest BCUT2D eigenvalue weighted by Gasteiger charge is 2.05. The van der Waals surface area contributed by atoms with Crippen molar-refractivity contribution >= 4 is 10.9 Å². The predicted molar refractivity (Wildman–Crippen MR) is 44.5 cm³/mol. The van der Waals surface area contributed by atoms with Gasteiger partial charge in [0, 0.05) is 11.6 Å². The van der Waals surface area contributed by atoms with E-state index in [1.54, 1.807) is 18.2 Å². The second-order valence-corrected chi connectivity index (χ2v) is 2.57. The number of rotatable bonds is 2. The van der Waals surface area contributed by atoms with Gasteiger partial charge in [-0.3, -0.25) is 0 Å². The van der Waals surface area contributed by atoms with Crippen LogP contribution < -0.4 is 4.84 Å². The number of aromatic nitrogens is 1. The molecule has 0 spiro atoms. The molecule has 68 valence electrons. The van der Waals surface area contributed by atoms with Crippen molar-refractivity contribution in [2.24, 2.45) is 0 Å². The molecule has 0 aliphatic heterocycles. The third-order valence-electron chi connectivity index (χ3n) is 1.76. The van der Waals surface area contributed by atoms with E-state index in [0.717, 1.165) is 10.1 Å². The maximum Gasteiger partial charge on any atom is 0.405 e. The first-order chi connectivity index (χ1) is 6.27. The Morgan fingerprint density at radius 3 is 2.69 bits per heavy atom. The van der Waals surface area contributed by atoms with Gasteiger partial charge in [-0.05, 0) is 12.1 Å². The first-order valence-corrected chi connectivity index (χ1v) is 3.79. The molecule has 1 aromatic carbocycles. The van der Waals surface area contributed by atoms with Crippen molar-refractivity contribution in [1.82, 2.24) is 4.73 Å². The molecular weight excluding hydrogens is 176 g/mol. The number of hydrogen-bond acceptors (Lipinski definition) is 1. The van der Waals surface area contributed by atoms with E-state index in [1.807, 2.05) is 12.1 Å². The number of nitrogens with zero attached hydrogens (tertiary/aromatic N) is 1. The van der Waals surface area contributed by atoms with Gasteiger partial charge in [0.25, 0.3) is 0 Å². The summed E-state index contributed by atoms with van der Waals surface area (Å²) in [6.45, 7) is -2.80. The average molecular weight is 183 g/mol. The first-order valence-electron chi connectivity index (χ1n) is 3.79. The number of benzene rings is 1. The lowest BCUT2D eigenvalue weighted by Crippen LogP contribution is -2.15. The fraction of sp³-hybridized carbons (Fsp3) is 0.111. The number of alkyl halides is 2. The van der Waals surface area contributed by atoms with E-state index in [0.29, 0.717) is 5.52 Å². The molecule has 0 saturated heterocycles. The lowest BCUT2D eigenvalue weighted by atomic mass is 10.3. The first kappa shape index (κ1) is 8.04. The molecule has 13 heavy (non-hydrogen) atoms. The molecule has 0 fully saturated rings. The van der Waals surface area contributed by atoms with E-state index in [4.69, 9.17) is 0 Å². The lowest BCUT2D eigenvalue weighted by Gasteiger charge is -2.05. The van der Waals surface area contributed by atoms with Crippen LogP contribution in [0.5, 0.6) is 0 Å². The Bertz CT molecular complexity index is 411. The highest BCUT2D eigenvalue weighted by molar-refractivity contribution is 5.79. The van der Waals surface area contributed by atoms with Gasteiger partial charge in [-0.25, -0.2) is 0 Å². The van der Waals surface area contributed by atoms with Crippen molar-refractivity contribution in [3.8, 4) is 0 Å². The average Bonchev–Trinajstić information content (AvgIpc) is 2.48. The Kier molecular flexibility index (Phi) is 1.88. The lowest BCUT2D eigenvalue weighted by molar-refractivity contribution is -0.128. The topological polar surface area (TPSA) is 14.2 Å². The highest BCUT2D eigenvalue weighted by atomic mass is 19.3. The van der Waals surface area contributed by atoms with Crippen LogP contribution in [0.2, 0.25) is 0 Å². The molecule has 0 amide bonds. The molecule has 0 N–H and O–H groups in total. The van der Waals surface area contributed by atoms with Gasteiger partial charge in [0.05, 0.1) is 5.52 Å². The smallest absolute Gasteiger partial charge is 0.344 e. The van der Waals surface area contributed by atoms with E-state index in [9.17, 15) is 8.78 Å². The standard InChI is InChI=1S/C9H7F2NO/c10-9(11)13-12-6-5-7-3-1-2-4-8(7)12/h1-6,9H. The van der Waals surface area contributed by atoms with Gasteiger partial charge in [-0.1, -0.05) is 18.2 Å². The molecule has 0 radical (unpaired) electrons. The monoisotopic (exact) mass is 183 g/mol. The maximum absolute atomic E-state index is 11.9. The van der Waals surface area contributed by atoms with Gasteiger partial charge in [0.15, 0.2) is 0 Å². The minimum absolute atomic E-state index is 0.641. The molecule has 1 aromatic heterocycles. The summed E-state index contributed by atoms with van der Waals surface area (Å²) in [6, 6.07) is 8.89. The molecule has 0 bridgehead atoms. The number of hydrogen-bond donors (Lipinski definition) is 0. The van der Waals surface area contributed by atoms with Gasteiger partial charge in [0.1, 0.15) is 0 Å². The second-order valence-electron chi connectivity index (χ2n) is 2.57. The molecule has 4 heteroatoms. The Labute approximate surface area is 73.3 Å². The van der Waals surface area contributed by atoms with Crippen LogP contribution in [0, 0.1) is 0 Å². The summed E-state index contributed by atoms with van der Waals surface area (Å²) in [6.07, 6.45) is 1.47. The Morgan fingerprint density at radius 2 is 1.92 bits per heavy atom. The Morgan fingerprint density at radius 1 is 1.15 bits per heavy atom. The van der Waals surface area contributed by atoms with Crippen LogP contribution in [-0.4, -0.2) is 11.3 Å². The van der Waals surface area contributed by atoms with Crippen LogP contribution in [0.1, 0.15) is 0 Å². The van der Waals surface area contributed by atoms with Crippen molar-refractivity contribution in [1.29, 1.82) is 0 Å². The fourth-order valence-corrected chi connectivity index (χ4v) is 1.24. The van der Waals surface area contributed by atoms with E-state index >= 15 is 0 Å². The molecule has 2 nitrogen and oxygen atoms in total. The summed E-state index contributed by atoms with van der Waals surface area (Å²) >= 11 is 0. The maximum atomic E-state index is 11.9. The number of para-hydroxylation sites is 1. The molecule has 0 unspecified atom stereocenters. The highest BCUT2D eigenvalue weighted by Crippen LogP contribution is 2.14. The molecule has 0 saturated carbocycles. The van der Waals surface area contributed by atoms with Crippen molar-refractivity contribution in [3.05, 3.63) is 36.5 Å². The van der Waals surface area contributed by atoms with Crippen LogP contribution in [0.4, 0.5) is 8.78 Å². The number of halogens is 2. The van der Waals surface area contributed by atoms with Gasteiger partial charge >= 0.3 is 6.61 Å². The molecule has 2 rings (SSSR count). The summed E-state index contributed by atoms with van der Waals surface area (Å²) in [5, 5.41) is 0.878. The Balaban J connectivity index is 2.46. The molecule has 0 aliphatic rings. The number of fused-ring (bicyclic) bond motifs is 1. The Hall–Kier alpha value is -1.58. The zero-order chi connectivity index (χ0) is 9.26. The van der Waals surface area contributed by atoms with E-state index in [2.05, 4.69) is 4.84 Å². The molecular formula is C9H7F2NO.